The molecule has 2 aliphatic heterocycles. The van der Waals surface area contributed by atoms with Gasteiger partial charge in [-0.2, -0.15) is 0 Å². The molecule has 1 aromatic carbocycles. The molecule has 5 nitrogen and oxygen atoms in total. The summed E-state index contributed by atoms with van der Waals surface area (Å²) in [5.41, 5.74) is 0.927. The van der Waals surface area contributed by atoms with Crippen LogP contribution in [0.4, 0.5) is 8.78 Å². The van der Waals surface area contributed by atoms with E-state index in [9.17, 15) is 13.6 Å². The second-order valence-corrected chi connectivity index (χ2v) is 6.95. The number of nitrogens with zero attached hydrogens (tertiary/aromatic N) is 3. The van der Waals surface area contributed by atoms with Crippen molar-refractivity contribution in [3.8, 4) is 0 Å². The lowest BCUT2D eigenvalue weighted by Gasteiger charge is -2.47. The van der Waals surface area contributed by atoms with Gasteiger partial charge in [-0.1, -0.05) is 12.1 Å². The number of morpholine rings is 1. The zero-order valence-corrected chi connectivity index (χ0v) is 14.9. The van der Waals surface area contributed by atoms with E-state index in [-0.39, 0.29) is 18.1 Å². The summed E-state index contributed by atoms with van der Waals surface area (Å²) < 4.78 is 33.4. The molecule has 0 saturated carbocycles. The van der Waals surface area contributed by atoms with Gasteiger partial charge in [0.25, 0.3) is 5.91 Å². The molecule has 4 rings (SSSR count). The second-order valence-electron chi connectivity index (χ2n) is 6.95. The summed E-state index contributed by atoms with van der Waals surface area (Å²) in [5.74, 6) is -1.68. The van der Waals surface area contributed by atoms with E-state index in [0.717, 1.165) is 12.5 Å². The third-order valence-corrected chi connectivity index (χ3v) is 5.28. The van der Waals surface area contributed by atoms with Gasteiger partial charge in [0, 0.05) is 49.7 Å². The number of carbonyl (C=O) groups excluding carboxylic acids is 1. The molecule has 3 heterocycles. The van der Waals surface area contributed by atoms with Crippen molar-refractivity contribution in [3.05, 3.63) is 65.5 Å². The molecule has 0 radical (unpaired) electrons. The minimum absolute atomic E-state index is 0.0295. The van der Waals surface area contributed by atoms with E-state index in [4.69, 9.17) is 4.74 Å². The van der Waals surface area contributed by atoms with Crippen LogP contribution in [0, 0.1) is 11.6 Å². The highest BCUT2D eigenvalue weighted by Crippen LogP contribution is 2.26. The average Bonchev–Trinajstić information content (AvgIpc) is 2.71. The zero-order valence-electron chi connectivity index (χ0n) is 14.9. The molecular weight excluding hydrogens is 352 g/mol. The number of likely N-dealkylation sites (tertiary alicyclic amines) is 1. The summed E-state index contributed by atoms with van der Waals surface area (Å²) in [5, 5.41) is 0. The molecule has 2 aromatic rings. The Hall–Kier alpha value is -2.38. The van der Waals surface area contributed by atoms with Crippen LogP contribution in [0.1, 0.15) is 22.3 Å². The second kappa shape index (κ2) is 7.70. The zero-order chi connectivity index (χ0) is 18.8. The van der Waals surface area contributed by atoms with E-state index in [0.29, 0.717) is 43.9 Å². The van der Waals surface area contributed by atoms with Crippen LogP contribution in [0.15, 0.2) is 42.7 Å². The number of rotatable bonds is 3. The van der Waals surface area contributed by atoms with Gasteiger partial charge in [0.15, 0.2) is 11.6 Å². The highest BCUT2D eigenvalue weighted by atomic mass is 19.2. The number of aromatic nitrogens is 1. The van der Waals surface area contributed by atoms with E-state index in [2.05, 4.69) is 9.88 Å². The van der Waals surface area contributed by atoms with Crippen LogP contribution in [0.25, 0.3) is 0 Å². The largest absolute Gasteiger partial charge is 0.374 e. The Kier molecular flexibility index (Phi) is 5.13. The van der Waals surface area contributed by atoms with Crippen molar-refractivity contribution < 1.29 is 18.3 Å². The SMILES string of the molecule is O=C(c1ccncc1)N1CCO[C@@H]2CCN(Cc3cccc(F)c3F)C[C@H]21. The fourth-order valence-corrected chi connectivity index (χ4v) is 3.91. The van der Waals surface area contributed by atoms with E-state index in [1.165, 1.54) is 6.07 Å². The maximum Gasteiger partial charge on any atom is 0.254 e. The molecule has 0 bridgehead atoms. The molecular formula is C20H21F2N3O2. The van der Waals surface area contributed by atoms with E-state index in [1.807, 2.05) is 4.90 Å². The normalized spacial score (nSPS) is 23.1. The average molecular weight is 373 g/mol. The maximum atomic E-state index is 14.0. The van der Waals surface area contributed by atoms with Gasteiger partial charge >= 0.3 is 0 Å². The first-order valence-corrected chi connectivity index (χ1v) is 9.11. The Labute approximate surface area is 156 Å². The highest BCUT2D eigenvalue weighted by Gasteiger charge is 2.39. The Morgan fingerprint density at radius 1 is 1.19 bits per heavy atom. The van der Waals surface area contributed by atoms with Crippen molar-refractivity contribution in [1.82, 2.24) is 14.8 Å². The number of fused-ring (bicyclic) bond motifs is 1. The smallest absolute Gasteiger partial charge is 0.254 e. The van der Waals surface area contributed by atoms with Gasteiger partial charge in [0.1, 0.15) is 0 Å². The van der Waals surface area contributed by atoms with Crippen LogP contribution in [-0.4, -0.2) is 59.1 Å². The predicted octanol–water partition coefficient (Wildman–Crippen LogP) is 2.48. The predicted molar refractivity (Wildman–Crippen MR) is 95.1 cm³/mol. The minimum atomic E-state index is -0.835. The summed E-state index contributed by atoms with van der Waals surface area (Å²) in [7, 11) is 0. The number of benzene rings is 1. The van der Waals surface area contributed by atoms with Crippen LogP contribution in [0.5, 0.6) is 0 Å². The maximum absolute atomic E-state index is 14.0. The quantitative estimate of drug-likeness (QED) is 0.829. The van der Waals surface area contributed by atoms with Gasteiger partial charge < -0.3 is 9.64 Å². The van der Waals surface area contributed by atoms with Crippen molar-refractivity contribution >= 4 is 5.91 Å². The first-order valence-electron chi connectivity index (χ1n) is 9.11. The van der Waals surface area contributed by atoms with Crippen molar-refractivity contribution in [1.29, 1.82) is 0 Å². The summed E-state index contributed by atoms with van der Waals surface area (Å²) in [6.45, 7) is 2.62. The van der Waals surface area contributed by atoms with E-state index in [1.54, 1.807) is 30.6 Å². The Morgan fingerprint density at radius 2 is 2.00 bits per heavy atom. The lowest BCUT2D eigenvalue weighted by atomic mass is 9.97. The molecule has 0 aliphatic carbocycles. The Bertz CT molecular complexity index is 818. The molecule has 2 atom stereocenters. The number of hydrogen-bond donors (Lipinski definition) is 0. The van der Waals surface area contributed by atoms with Crippen LogP contribution >= 0.6 is 0 Å². The topological polar surface area (TPSA) is 45.7 Å². The third-order valence-electron chi connectivity index (χ3n) is 5.28. The molecule has 1 amide bonds. The molecule has 142 valence electrons. The van der Waals surface area contributed by atoms with Gasteiger partial charge in [-0.3, -0.25) is 14.7 Å². The minimum Gasteiger partial charge on any atom is -0.374 e. The monoisotopic (exact) mass is 373 g/mol. The molecule has 7 heteroatoms. The number of ether oxygens (including phenoxy) is 1. The molecule has 1 aromatic heterocycles. The molecule has 0 spiro atoms. The Balaban J connectivity index is 1.51. The van der Waals surface area contributed by atoms with Crippen LogP contribution < -0.4 is 0 Å². The van der Waals surface area contributed by atoms with Gasteiger partial charge in [-0.25, -0.2) is 8.78 Å². The fraction of sp³-hybridized carbons (Fsp3) is 0.400. The van der Waals surface area contributed by atoms with E-state index >= 15 is 0 Å². The van der Waals surface area contributed by atoms with Gasteiger partial charge in [0.05, 0.1) is 18.8 Å². The summed E-state index contributed by atoms with van der Waals surface area (Å²) >= 11 is 0. The molecule has 2 saturated heterocycles. The lowest BCUT2D eigenvalue weighted by molar-refractivity contribution is -0.0915. The van der Waals surface area contributed by atoms with Crippen LogP contribution in [0.2, 0.25) is 0 Å². The number of pyridine rings is 1. The van der Waals surface area contributed by atoms with Crippen molar-refractivity contribution in [2.24, 2.45) is 0 Å². The number of carbonyl (C=O) groups is 1. The third kappa shape index (κ3) is 3.70. The first-order chi connectivity index (χ1) is 13.1. The summed E-state index contributed by atoms with van der Waals surface area (Å²) in [6.07, 6.45) is 3.93. The number of hydrogen-bond acceptors (Lipinski definition) is 4. The highest BCUT2D eigenvalue weighted by molar-refractivity contribution is 5.94. The number of piperidine rings is 1. The van der Waals surface area contributed by atoms with Gasteiger partial charge in [-0.05, 0) is 24.6 Å². The molecule has 2 fully saturated rings. The number of halogens is 2. The summed E-state index contributed by atoms with van der Waals surface area (Å²) in [6, 6.07) is 7.54. The van der Waals surface area contributed by atoms with Gasteiger partial charge in [0.2, 0.25) is 0 Å². The molecule has 2 aliphatic rings. The fourth-order valence-electron chi connectivity index (χ4n) is 3.91. The van der Waals surface area contributed by atoms with Crippen LogP contribution in [-0.2, 0) is 11.3 Å². The lowest BCUT2D eigenvalue weighted by Crippen LogP contribution is -2.61. The number of amides is 1. The summed E-state index contributed by atoms with van der Waals surface area (Å²) in [4.78, 5) is 20.8. The van der Waals surface area contributed by atoms with Crippen molar-refractivity contribution in [2.45, 2.75) is 25.1 Å². The standard InChI is InChI=1S/C20H21F2N3O2/c21-16-3-1-2-15(19(16)22)12-24-9-6-18-17(13-24)25(10-11-27-18)20(26)14-4-7-23-8-5-14/h1-5,7-8,17-18H,6,9-13H2/t17-,18-/m1/s1. The van der Waals surface area contributed by atoms with E-state index < -0.39 is 11.6 Å². The van der Waals surface area contributed by atoms with Crippen molar-refractivity contribution in [2.75, 3.05) is 26.2 Å². The molecule has 0 N–H and O–H groups in total. The van der Waals surface area contributed by atoms with Crippen molar-refractivity contribution in [3.63, 3.8) is 0 Å². The Morgan fingerprint density at radius 3 is 2.81 bits per heavy atom. The van der Waals surface area contributed by atoms with Gasteiger partial charge in [-0.15, -0.1) is 0 Å². The molecule has 0 unspecified atom stereocenters. The molecule has 27 heavy (non-hydrogen) atoms. The van der Waals surface area contributed by atoms with Crippen LogP contribution in [0.3, 0.4) is 0 Å². The first kappa shape index (κ1) is 18.0.